The van der Waals surface area contributed by atoms with Crippen LogP contribution in [0.1, 0.15) is 69.2 Å². The number of piperazine rings is 2. The summed E-state index contributed by atoms with van der Waals surface area (Å²) in [4.78, 5) is 19.0. The smallest absolute Gasteiger partial charge is 0.380 e. The molecule has 0 aromatic heterocycles. The molecular formula is C47H59F5N6O5S3. The number of halogens is 5. The zero-order valence-corrected chi connectivity index (χ0v) is 39.8. The van der Waals surface area contributed by atoms with Gasteiger partial charge in [-0.1, -0.05) is 43.2 Å². The van der Waals surface area contributed by atoms with Crippen LogP contribution in [-0.4, -0.2) is 122 Å². The molecule has 0 radical (unpaired) electrons. The summed E-state index contributed by atoms with van der Waals surface area (Å²) in [5.74, 6) is -0.664. The van der Waals surface area contributed by atoms with Crippen LogP contribution in [0.5, 0.6) is 0 Å². The minimum absolute atomic E-state index is 0.0208. The van der Waals surface area contributed by atoms with Gasteiger partial charge < -0.3 is 20.4 Å². The van der Waals surface area contributed by atoms with E-state index < -0.39 is 64.6 Å². The maximum Gasteiger partial charge on any atom is 0.501 e. The quantitative estimate of drug-likeness (QED) is 0.0691. The number of allylic oxidation sites excluding steroid dienone is 1. The van der Waals surface area contributed by atoms with E-state index in [0.717, 1.165) is 87.8 Å². The van der Waals surface area contributed by atoms with Gasteiger partial charge in [-0.15, -0.1) is 11.8 Å². The molecule has 3 N–H and O–H groups in total. The number of sulfone groups is 1. The molecule has 1 atom stereocenters. The molecule has 2 aliphatic heterocycles. The normalized spacial score (nSPS) is 24.4. The first-order chi connectivity index (χ1) is 31.2. The van der Waals surface area contributed by atoms with Crippen molar-refractivity contribution in [2.75, 3.05) is 81.4 Å². The molecule has 1 unspecified atom stereocenters. The maximum absolute atomic E-state index is 14.2. The highest BCUT2D eigenvalue weighted by atomic mass is 32.2. The second-order valence-electron chi connectivity index (χ2n) is 19.6. The van der Waals surface area contributed by atoms with Crippen molar-refractivity contribution in [2.24, 2.45) is 16.2 Å². The number of rotatable bonds is 17. The Labute approximate surface area is 389 Å². The van der Waals surface area contributed by atoms with Gasteiger partial charge in [-0.25, -0.2) is 30.3 Å². The highest BCUT2D eigenvalue weighted by Crippen LogP contribution is 2.79. The Morgan fingerprint density at radius 3 is 2.17 bits per heavy atom. The van der Waals surface area contributed by atoms with Crippen molar-refractivity contribution >= 4 is 48.9 Å². The van der Waals surface area contributed by atoms with Crippen LogP contribution < -0.4 is 20.3 Å². The Morgan fingerprint density at radius 1 is 0.864 bits per heavy atom. The molecule has 360 valence electrons. The van der Waals surface area contributed by atoms with Crippen LogP contribution in [0.25, 0.3) is 0 Å². The van der Waals surface area contributed by atoms with E-state index >= 15 is 0 Å². The Balaban J connectivity index is 0.917. The predicted octanol–water partition coefficient (Wildman–Crippen LogP) is 8.03. The fourth-order valence-corrected chi connectivity index (χ4v) is 13.5. The molecule has 3 saturated carbocycles. The molecule has 3 aromatic carbocycles. The minimum Gasteiger partial charge on any atom is -0.380 e. The zero-order valence-electron chi connectivity index (χ0n) is 37.3. The van der Waals surface area contributed by atoms with Gasteiger partial charge in [0.25, 0.3) is 25.8 Å². The minimum atomic E-state index is -6.06. The Hall–Kier alpha value is -3.75. The molecule has 11 nitrogen and oxygen atoms in total. The molecule has 19 heteroatoms. The third-order valence-corrected chi connectivity index (χ3v) is 18.3. The van der Waals surface area contributed by atoms with Crippen LogP contribution in [-0.2, 0) is 19.9 Å². The SMILES string of the molecule is CC1(C)CCC(CN2CCN(c3ccc(C(=O)NS(=O)(=O)c4ccc(NC(CCN5CCNCC5)CSc5ccccc5)c(S(=O)(=O)C(F)(F)F)c4)cc3)CC2)=C(C23CC(C(F)F)(C2)C3)C1. The molecule has 2 saturated heterocycles. The van der Waals surface area contributed by atoms with Gasteiger partial charge in [0.05, 0.1) is 10.6 Å². The first-order valence-electron chi connectivity index (χ1n) is 22.6. The zero-order chi connectivity index (χ0) is 47.1. The van der Waals surface area contributed by atoms with Crippen LogP contribution >= 0.6 is 11.8 Å². The van der Waals surface area contributed by atoms with Crippen molar-refractivity contribution in [3.05, 3.63) is 89.5 Å². The summed E-state index contributed by atoms with van der Waals surface area (Å²) in [5, 5.41) is 6.27. The number of carbonyl (C=O) groups excluding carboxylic acids is 1. The van der Waals surface area contributed by atoms with Crippen LogP contribution in [0, 0.1) is 16.2 Å². The Bertz CT molecular complexity index is 2470. The van der Waals surface area contributed by atoms with Crippen molar-refractivity contribution in [1.29, 1.82) is 0 Å². The highest BCUT2D eigenvalue weighted by Gasteiger charge is 2.73. The van der Waals surface area contributed by atoms with Crippen molar-refractivity contribution in [2.45, 2.75) is 91.5 Å². The molecule has 6 aliphatic rings. The molecule has 9 rings (SSSR count). The fraction of sp³-hybridized carbons (Fsp3) is 0.553. The van der Waals surface area contributed by atoms with Gasteiger partial charge in [-0.05, 0) is 110 Å². The van der Waals surface area contributed by atoms with E-state index in [0.29, 0.717) is 57.1 Å². The predicted molar refractivity (Wildman–Crippen MR) is 247 cm³/mol. The lowest BCUT2D eigenvalue weighted by atomic mass is 9.32. The largest absolute Gasteiger partial charge is 0.501 e. The number of alkyl halides is 5. The summed E-state index contributed by atoms with van der Waals surface area (Å²) in [6.45, 7) is 12.1. The summed E-state index contributed by atoms with van der Waals surface area (Å²) in [6, 6.07) is 17.6. The number of carbonyl (C=O) groups is 1. The van der Waals surface area contributed by atoms with Gasteiger partial charge in [0.15, 0.2) is 0 Å². The van der Waals surface area contributed by atoms with Gasteiger partial charge in [-0.3, -0.25) is 9.69 Å². The summed E-state index contributed by atoms with van der Waals surface area (Å²) in [5.41, 5.74) is -3.17. The topological polar surface area (TPSA) is 131 Å². The number of hydrogen-bond donors (Lipinski definition) is 3. The molecule has 5 fully saturated rings. The third-order valence-electron chi connectivity index (χ3n) is 14.3. The number of nitrogens with one attached hydrogen (secondary N) is 3. The molecule has 4 aliphatic carbocycles. The van der Waals surface area contributed by atoms with Crippen LogP contribution in [0.4, 0.5) is 33.3 Å². The van der Waals surface area contributed by atoms with Crippen molar-refractivity contribution in [3.8, 4) is 0 Å². The monoisotopic (exact) mass is 978 g/mol. The number of benzene rings is 3. The summed E-state index contributed by atoms with van der Waals surface area (Å²) in [7, 11) is -10.9. The van der Waals surface area contributed by atoms with Crippen LogP contribution in [0.3, 0.4) is 0 Å². The number of amides is 1. The second kappa shape index (κ2) is 19.0. The lowest BCUT2D eigenvalue weighted by molar-refractivity contribution is -0.250. The van der Waals surface area contributed by atoms with Crippen LogP contribution in [0.15, 0.2) is 98.6 Å². The number of nitrogens with zero attached hydrogens (tertiary/aromatic N) is 3. The van der Waals surface area contributed by atoms with Gasteiger partial charge >= 0.3 is 5.51 Å². The van der Waals surface area contributed by atoms with Crippen molar-refractivity contribution in [3.63, 3.8) is 0 Å². The summed E-state index contributed by atoms with van der Waals surface area (Å²) < 4.78 is 125. The molecule has 2 heterocycles. The number of thioether (sulfide) groups is 1. The Morgan fingerprint density at radius 2 is 1.53 bits per heavy atom. The molecule has 66 heavy (non-hydrogen) atoms. The van der Waals surface area contributed by atoms with Gasteiger partial charge in [-0.2, -0.15) is 13.2 Å². The number of hydrogen-bond acceptors (Lipinski definition) is 11. The third kappa shape index (κ3) is 10.5. The lowest BCUT2D eigenvalue weighted by Gasteiger charge is -2.72. The van der Waals surface area contributed by atoms with E-state index in [9.17, 15) is 43.6 Å². The van der Waals surface area contributed by atoms with E-state index in [1.54, 1.807) is 12.1 Å². The summed E-state index contributed by atoms with van der Waals surface area (Å²) in [6.07, 6.45) is 3.03. The van der Waals surface area contributed by atoms with E-state index in [1.165, 1.54) is 35.0 Å². The fourth-order valence-electron chi connectivity index (χ4n) is 10.5. The highest BCUT2D eigenvalue weighted by molar-refractivity contribution is 7.99. The molecule has 2 bridgehead atoms. The van der Waals surface area contributed by atoms with Gasteiger partial charge in [0, 0.05) is 98.8 Å². The van der Waals surface area contributed by atoms with Crippen LogP contribution in [0.2, 0.25) is 0 Å². The number of anilines is 2. The maximum atomic E-state index is 14.2. The first-order valence-corrected chi connectivity index (χ1v) is 26.6. The van der Waals surface area contributed by atoms with E-state index in [-0.39, 0.29) is 16.4 Å². The Kier molecular flexibility index (Phi) is 14.0. The van der Waals surface area contributed by atoms with Gasteiger partial charge in [0.1, 0.15) is 4.90 Å². The van der Waals surface area contributed by atoms with Crippen molar-refractivity contribution < 1.29 is 43.6 Å². The lowest BCUT2D eigenvalue weighted by Crippen LogP contribution is -2.66. The molecule has 1 amide bonds. The number of sulfonamides is 1. The van der Waals surface area contributed by atoms with Gasteiger partial charge in [0.2, 0.25) is 6.43 Å². The first kappa shape index (κ1) is 48.7. The van der Waals surface area contributed by atoms with Crippen molar-refractivity contribution in [1.82, 2.24) is 19.8 Å². The second-order valence-corrected chi connectivity index (χ2v) is 24.3. The summed E-state index contributed by atoms with van der Waals surface area (Å²) >= 11 is 1.45. The molecular weight excluding hydrogens is 920 g/mol. The molecule has 3 aromatic rings. The van der Waals surface area contributed by atoms with E-state index in [1.807, 2.05) is 35.1 Å². The van der Waals surface area contributed by atoms with E-state index in [4.69, 9.17) is 0 Å². The van der Waals surface area contributed by atoms with E-state index in [2.05, 4.69) is 39.2 Å². The average Bonchev–Trinajstić information content (AvgIpc) is 3.25. The average molecular weight is 979 g/mol. The molecule has 0 spiro atoms. The standard InChI is InChI=1S/C47H59F5N6O5S3/c1-44(2)16-14-34(39(27-44)45-30-46(31-45,32-45)43(48)49)28-57-22-24-58(25-23-57)36-10-8-33(9-11-36)42(59)55-66(62,63)38-12-13-40(41(26-38)65(60,61)47(50,51)52)54-35(15-19-56-20-17-53-18-21-56)29-64-37-6-4-3-5-7-37/h3-13,26,35,43,53-54H,14-25,27-32H2,1-2H3,(H,55,59).